The third-order valence-electron chi connectivity index (χ3n) is 6.93. The molecule has 3 atom stereocenters. The lowest BCUT2D eigenvalue weighted by atomic mass is 10.0. The van der Waals surface area contributed by atoms with Crippen molar-refractivity contribution in [3.8, 4) is 0 Å². The summed E-state index contributed by atoms with van der Waals surface area (Å²) in [7, 11) is 1.59. The number of hydrazine groups is 1. The fraction of sp³-hybridized carbons (Fsp3) is 0.407. The summed E-state index contributed by atoms with van der Waals surface area (Å²) in [6.45, 7) is -0.489. The Morgan fingerprint density at radius 3 is 2.54 bits per heavy atom. The van der Waals surface area contributed by atoms with Crippen LogP contribution < -0.4 is 10.6 Å². The molecule has 2 heterocycles. The van der Waals surface area contributed by atoms with Crippen molar-refractivity contribution in [3.05, 3.63) is 48.0 Å². The molecule has 12 heteroatoms. The van der Waals surface area contributed by atoms with Crippen LogP contribution in [0.4, 0.5) is 0 Å². The van der Waals surface area contributed by atoms with Gasteiger partial charge in [0, 0.05) is 13.0 Å². The highest BCUT2D eigenvalue weighted by atomic mass is 16.5. The molecule has 0 unspecified atom stereocenters. The molecule has 2 aliphatic rings. The number of amides is 3. The Hall–Kier alpha value is -4.32. The molecule has 3 amide bonds. The lowest BCUT2D eigenvalue weighted by Crippen LogP contribution is -2.64. The fourth-order valence-electron chi connectivity index (χ4n) is 4.86. The molecule has 4 rings (SSSR count). The molecule has 0 spiro atoms. The molecule has 2 aromatic rings. The van der Waals surface area contributed by atoms with E-state index in [1.54, 1.807) is 25.2 Å². The van der Waals surface area contributed by atoms with Crippen LogP contribution in [0.25, 0.3) is 10.8 Å². The summed E-state index contributed by atoms with van der Waals surface area (Å²) in [5, 5.41) is 18.7. The van der Waals surface area contributed by atoms with Gasteiger partial charge in [-0.3, -0.25) is 29.0 Å². The summed E-state index contributed by atoms with van der Waals surface area (Å²) < 4.78 is 5.13. The number of carboxylic acid groups (broad SMARTS) is 1. The molecule has 12 nitrogen and oxygen atoms in total. The number of likely N-dealkylation sites (N-methyl/N-ethyl adjacent to an activating group) is 1. The number of hydrogen-bond acceptors (Lipinski definition) is 8. The average Bonchev–Trinajstić information content (AvgIpc) is 3.06. The molecule has 2 aromatic carbocycles. The summed E-state index contributed by atoms with van der Waals surface area (Å²) in [4.78, 5) is 76.0. The summed E-state index contributed by atoms with van der Waals surface area (Å²) in [5.74, 6) is -4.46. The number of nitrogens with one attached hydrogen (secondary N) is 2. The first-order valence-corrected chi connectivity index (χ1v) is 12.7. The van der Waals surface area contributed by atoms with Crippen molar-refractivity contribution >= 4 is 46.2 Å². The van der Waals surface area contributed by atoms with E-state index in [0.29, 0.717) is 6.42 Å². The maximum Gasteiger partial charge on any atom is 0.338 e. The SMILES string of the molecule is CN[C@H]1CCC(=O)N2CCC[C@@H](C(=O)N[C@@H](CC(=O)O)C(=O)COC(=O)c3ccc4ccccc4c3)N2C1=O. The Labute approximate surface area is 224 Å². The number of ketones is 1. The van der Waals surface area contributed by atoms with Gasteiger partial charge in [0.05, 0.1) is 18.0 Å². The van der Waals surface area contributed by atoms with Gasteiger partial charge in [-0.1, -0.05) is 30.3 Å². The van der Waals surface area contributed by atoms with Crippen molar-refractivity contribution in [2.24, 2.45) is 0 Å². The van der Waals surface area contributed by atoms with E-state index in [2.05, 4.69) is 10.6 Å². The second-order valence-electron chi connectivity index (χ2n) is 9.50. The Morgan fingerprint density at radius 2 is 1.82 bits per heavy atom. The summed E-state index contributed by atoms with van der Waals surface area (Å²) in [5.41, 5.74) is 0.214. The van der Waals surface area contributed by atoms with Crippen molar-refractivity contribution in [2.75, 3.05) is 20.2 Å². The lowest BCUT2D eigenvalue weighted by molar-refractivity contribution is -0.176. The van der Waals surface area contributed by atoms with Crippen LogP contribution in [0, 0.1) is 0 Å². The molecule has 0 aromatic heterocycles. The van der Waals surface area contributed by atoms with E-state index >= 15 is 0 Å². The molecule has 0 radical (unpaired) electrons. The molecule has 39 heavy (non-hydrogen) atoms. The first kappa shape index (κ1) is 27.7. The third-order valence-corrected chi connectivity index (χ3v) is 6.93. The number of carbonyl (C=O) groups is 6. The van der Waals surface area contributed by atoms with Gasteiger partial charge in [-0.25, -0.2) is 9.80 Å². The smallest absolute Gasteiger partial charge is 0.338 e. The zero-order valence-electron chi connectivity index (χ0n) is 21.4. The highest BCUT2D eigenvalue weighted by molar-refractivity contribution is 5.99. The molecule has 206 valence electrons. The molecule has 2 fully saturated rings. The van der Waals surface area contributed by atoms with Crippen molar-refractivity contribution in [1.29, 1.82) is 0 Å². The van der Waals surface area contributed by atoms with Gasteiger partial charge in [0.1, 0.15) is 12.1 Å². The van der Waals surface area contributed by atoms with E-state index in [9.17, 15) is 33.9 Å². The number of ether oxygens (including phenoxy) is 1. The number of rotatable bonds is 9. The Kier molecular flexibility index (Phi) is 8.55. The minimum atomic E-state index is -1.51. The van der Waals surface area contributed by atoms with E-state index in [1.165, 1.54) is 5.01 Å². The predicted molar refractivity (Wildman–Crippen MR) is 137 cm³/mol. The van der Waals surface area contributed by atoms with E-state index in [0.717, 1.165) is 15.8 Å². The van der Waals surface area contributed by atoms with E-state index in [-0.39, 0.29) is 37.3 Å². The van der Waals surface area contributed by atoms with Gasteiger partial charge in [0.2, 0.25) is 11.8 Å². The average molecular weight is 539 g/mol. The third kappa shape index (κ3) is 6.23. The highest BCUT2D eigenvalue weighted by Gasteiger charge is 2.44. The highest BCUT2D eigenvalue weighted by Crippen LogP contribution is 2.25. The molecular formula is C27H30N4O8. The van der Waals surface area contributed by atoms with Crippen LogP contribution in [0.15, 0.2) is 42.5 Å². The monoisotopic (exact) mass is 538 g/mol. The first-order chi connectivity index (χ1) is 18.7. The van der Waals surface area contributed by atoms with Gasteiger partial charge in [-0.2, -0.15) is 0 Å². The molecule has 0 aliphatic carbocycles. The van der Waals surface area contributed by atoms with Crippen LogP contribution in [0.3, 0.4) is 0 Å². The standard InChI is InChI=1S/C27H30N4O8/c1-28-19-10-11-23(33)30-12-4-7-21(31(30)26(19)37)25(36)29-20(14-24(34)35)22(32)15-39-27(38)18-9-8-16-5-2-3-6-17(16)13-18/h2-3,5-6,8-9,13,19-21,28H,4,7,10-12,14-15H2,1H3,(H,29,36)(H,34,35)/t19-,20-,21-/m0/s1. The van der Waals surface area contributed by atoms with E-state index in [1.807, 2.05) is 24.3 Å². The number of fused-ring (bicyclic) bond motifs is 2. The number of aliphatic carboxylic acids is 1. The van der Waals surface area contributed by atoms with Crippen LogP contribution in [0.5, 0.6) is 0 Å². The zero-order chi connectivity index (χ0) is 28.1. The number of carboxylic acids is 1. The summed E-state index contributed by atoms with van der Waals surface area (Å²) >= 11 is 0. The molecule has 3 N–H and O–H groups in total. The van der Waals surface area contributed by atoms with Crippen LogP contribution >= 0.6 is 0 Å². The largest absolute Gasteiger partial charge is 0.481 e. The van der Waals surface area contributed by atoms with Gasteiger partial charge in [0.25, 0.3) is 5.91 Å². The number of Topliss-reactive ketones (excluding diaryl/α,β-unsaturated/α-hetero) is 1. The Bertz CT molecular complexity index is 1310. The first-order valence-electron chi connectivity index (χ1n) is 12.7. The van der Waals surface area contributed by atoms with Gasteiger partial charge in [-0.15, -0.1) is 0 Å². The van der Waals surface area contributed by atoms with Crippen LogP contribution in [-0.2, 0) is 28.7 Å². The molecule has 2 saturated heterocycles. The molecule has 0 saturated carbocycles. The minimum absolute atomic E-state index is 0.130. The number of carbonyl (C=O) groups excluding carboxylic acids is 5. The zero-order valence-corrected chi connectivity index (χ0v) is 21.4. The number of esters is 1. The van der Waals surface area contributed by atoms with Crippen molar-refractivity contribution < 1.29 is 38.6 Å². The maximum absolute atomic E-state index is 13.3. The predicted octanol–water partition coefficient (Wildman–Crippen LogP) is 0.642. The van der Waals surface area contributed by atoms with Crippen molar-refractivity contribution in [3.63, 3.8) is 0 Å². The molecule has 2 aliphatic heterocycles. The second-order valence-corrected chi connectivity index (χ2v) is 9.50. The molecule has 0 bridgehead atoms. The molecular weight excluding hydrogens is 508 g/mol. The lowest BCUT2D eigenvalue weighted by Gasteiger charge is -2.43. The van der Waals surface area contributed by atoms with Crippen LogP contribution in [0.2, 0.25) is 0 Å². The van der Waals surface area contributed by atoms with E-state index in [4.69, 9.17) is 4.74 Å². The number of nitrogens with zero attached hydrogens (tertiary/aromatic N) is 2. The second kappa shape index (κ2) is 12.0. The fourth-order valence-corrected chi connectivity index (χ4v) is 4.86. The van der Waals surface area contributed by atoms with Gasteiger partial charge in [0.15, 0.2) is 12.4 Å². The topological polar surface area (TPSA) is 162 Å². The van der Waals surface area contributed by atoms with E-state index < -0.39 is 60.7 Å². The van der Waals surface area contributed by atoms with Crippen molar-refractivity contribution in [2.45, 2.75) is 50.2 Å². The Morgan fingerprint density at radius 1 is 1.08 bits per heavy atom. The Balaban J connectivity index is 1.45. The number of hydrogen-bond donors (Lipinski definition) is 3. The van der Waals surface area contributed by atoms with Crippen molar-refractivity contribution in [1.82, 2.24) is 20.7 Å². The summed E-state index contributed by atoms with van der Waals surface area (Å²) in [6.07, 6.45) is 0.324. The normalized spacial score (nSPS) is 20.1. The van der Waals surface area contributed by atoms with Gasteiger partial charge >= 0.3 is 11.9 Å². The maximum atomic E-state index is 13.3. The van der Waals surface area contributed by atoms with Gasteiger partial charge < -0.3 is 20.5 Å². The van der Waals surface area contributed by atoms with Crippen LogP contribution in [-0.4, -0.2) is 88.9 Å². The minimum Gasteiger partial charge on any atom is -0.481 e. The summed E-state index contributed by atoms with van der Waals surface area (Å²) in [6, 6.07) is 9.02. The van der Waals surface area contributed by atoms with Gasteiger partial charge in [-0.05, 0) is 49.2 Å². The number of benzene rings is 2. The quantitative estimate of drug-likeness (QED) is 0.389. The van der Waals surface area contributed by atoms with Crippen LogP contribution in [0.1, 0.15) is 42.5 Å².